The smallest absolute Gasteiger partial charge is 0.635 e. The third-order valence-corrected chi connectivity index (χ3v) is 5.11. The molecule has 1 heterocycles. The number of fused-ring (bicyclic) bond motifs is 1. The zero-order valence-electron chi connectivity index (χ0n) is 17.7. The minimum Gasteiger partial charge on any atom is -0.635 e. The summed E-state index contributed by atoms with van der Waals surface area (Å²) in [4.78, 5) is 23.8. The summed E-state index contributed by atoms with van der Waals surface area (Å²) in [5, 5.41) is 0.875. The Kier molecular flexibility index (Phi) is 7.36. The molecule has 162 valence electrons. The van der Waals surface area contributed by atoms with Gasteiger partial charge in [-0.1, -0.05) is 23.8 Å². The standard InChI is InChI=1S/C22H17O4.C5H5.Fe/c1-13-9-21(24)26-22-17(13)10-16(14-5-3-4-6-14)11-18(22)15-7-8-19(23)20(12-15)25-2;1-2-4-5-3-1;/h3-12,25H,1-2H3;1-5H;/q2*-1;+2. The van der Waals surface area contributed by atoms with Gasteiger partial charge in [0.25, 0.3) is 0 Å². The molecule has 1 N–H and O–H groups in total. The molecule has 4 aromatic carbocycles. The Morgan fingerprint density at radius 2 is 1.72 bits per heavy atom. The Labute approximate surface area is 196 Å². The van der Waals surface area contributed by atoms with Crippen molar-refractivity contribution in [3.8, 4) is 28.0 Å². The van der Waals surface area contributed by atoms with Crippen LogP contribution < -0.4 is 11.1 Å². The first-order valence-corrected chi connectivity index (χ1v) is 9.95. The molecule has 0 aliphatic carbocycles. The van der Waals surface area contributed by atoms with Crippen molar-refractivity contribution in [1.82, 2.24) is 0 Å². The first kappa shape index (κ1) is 23.1. The van der Waals surface area contributed by atoms with Gasteiger partial charge in [0.05, 0.1) is 0 Å². The van der Waals surface area contributed by atoms with E-state index in [0.717, 1.165) is 33.2 Å². The molecule has 0 aliphatic heterocycles. The van der Waals surface area contributed by atoms with Gasteiger partial charge in [0.1, 0.15) is 5.58 Å². The van der Waals surface area contributed by atoms with Crippen LogP contribution >= 0.6 is 0 Å². The van der Waals surface area contributed by atoms with Gasteiger partial charge in [0.15, 0.2) is 18.3 Å². The molecule has 0 aliphatic rings. The van der Waals surface area contributed by atoms with Crippen molar-refractivity contribution >= 4 is 11.0 Å². The van der Waals surface area contributed by atoms with Crippen LogP contribution in [0.5, 0.6) is 5.75 Å². The number of ether oxygens (including phenoxy) is 1. The molecule has 0 fully saturated rings. The minimum atomic E-state index is -0.391. The number of benzene rings is 2. The predicted octanol–water partition coefficient (Wildman–Crippen LogP) is 5.51. The van der Waals surface area contributed by atoms with Crippen LogP contribution in [0, 0.1) is 6.92 Å². The second-order valence-electron chi connectivity index (χ2n) is 7.19. The van der Waals surface area contributed by atoms with Crippen molar-refractivity contribution in [3.63, 3.8) is 0 Å². The van der Waals surface area contributed by atoms with Crippen LogP contribution in [-0.4, -0.2) is 11.8 Å². The van der Waals surface area contributed by atoms with Gasteiger partial charge in [-0.2, -0.15) is 48.0 Å². The van der Waals surface area contributed by atoms with Crippen LogP contribution in [0.3, 0.4) is 0 Å². The fourth-order valence-corrected chi connectivity index (χ4v) is 3.54. The van der Waals surface area contributed by atoms with Crippen molar-refractivity contribution in [2.75, 3.05) is 7.11 Å². The molecule has 5 rings (SSSR count). The second kappa shape index (κ2) is 10.2. The van der Waals surface area contributed by atoms with Crippen LogP contribution in [0.25, 0.3) is 33.2 Å². The first-order valence-electron chi connectivity index (χ1n) is 9.95. The number of rotatable bonds is 3. The normalized spacial score (nSPS) is 10.2. The predicted molar refractivity (Wildman–Crippen MR) is 125 cm³/mol. The molecule has 4 nitrogen and oxygen atoms in total. The van der Waals surface area contributed by atoms with Crippen LogP contribution in [0.15, 0.2) is 105 Å². The van der Waals surface area contributed by atoms with Crippen molar-refractivity contribution in [2.45, 2.75) is 6.92 Å². The van der Waals surface area contributed by atoms with E-state index in [0.29, 0.717) is 11.3 Å². The zero-order valence-corrected chi connectivity index (χ0v) is 18.8. The Hall–Kier alpha value is -3.53. The number of hydrogen-bond acceptors (Lipinski definition) is 3. The topological polar surface area (TPSA) is 60.1 Å². The molecule has 0 radical (unpaired) electrons. The van der Waals surface area contributed by atoms with E-state index < -0.39 is 5.63 Å². The molecule has 0 saturated carbocycles. The maximum absolute atomic E-state index is 11.9. The Morgan fingerprint density at radius 1 is 0.938 bits per heavy atom. The number of aromatic hydroxyl groups is 1. The van der Waals surface area contributed by atoms with E-state index in [2.05, 4.69) is 4.74 Å². The third-order valence-electron chi connectivity index (χ3n) is 5.11. The van der Waals surface area contributed by atoms with Crippen molar-refractivity contribution in [2.24, 2.45) is 0 Å². The van der Waals surface area contributed by atoms with E-state index >= 15 is 0 Å². The summed E-state index contributed by atoms with van der Waals surface area (Å²) in [6.45, 7) is 1.89. The van der Waals surface area contributed by atoms with Gasteiger partial charge < -0.3 is 13.9 Å². The van der Waals surface area contributed by atoms with Crippen LogP contribution in [0.4, 0.5) is 0 Å². The molecule has 0 amide bonds. The molecule has 0 atom stereocenters. The summed E-state index contributed by atoms with van der Waals surface area (Å²) in [7, 11) is 1.59. The molecule has 32 heavy (non-hydrogen) atoms. The van der Waals surface area contributed by atoms with Gasteiger partial charge >= 0.3 is 22.7 Å². The summed E-state index contributed by atoms with van der Waals surface area (Å²) in [5.41, 5.74) is 4.51. The van der Waals surface area contributed by atoms with Crippen LogP contribution in [0.1, 0.15) is 5.56 Å². The van der Waals surface area contributed by atoms with Crippen molar-refractivity contribution < 1.29 is 26.2 Å². The SMILES string of the molecule is C[OH+][c-]1cc(-c2cc(-c3ccc[cH-]3)cc3c(C)cc(=O)oc23)ccc1=O.[Fe+2].c1cc[cH-]c1. The third kappa shape index (κ3) is 4.86. The van der Waals surface area contributed by atoms with Gasteiger partial charge in [-0.25, -0.2) is 16.9 Å². The molecule has 1 aromatic heterocycles. The Morgan fingerprint density at radius 3 is 2.34 bits per heavy atom. The molecule has 0 bridgehead atoms. The maximum Gasteiger partial charge on any atom is 2.00 e. The Bertz CT molecular complexity index is 1390. The van der Waals surface area contributed by atoms with E-state index in [-0.39, 0.29) is 22.5 Å². The van der Waals surface area contributed by atoms with E-state index in [9.17, 15) is 9.59 Å². The fourth-order valence-electron chi connectivity index (χ4n) is 3.54. The van der Waals surface area contributed by atoms with Crippen molar-refractivity contribution in [1.29, 1.82) is 0 Å². The molecule has 5 aromatic rings. The zero-order chi connectivity index (χ0) is 21.8. The first-order chi connectivity index (χ1) is 15.1. The van der Waals surface area contributed by atoms with Gasteiger partial charge in [-0.05, 0) is 18.1 Å². The van der Waals surface area contributed by atoms with E-state index in [1.54, 1.807) is 19.2 Å². The number of hydrogen-bond donors (Lipinski definition) is 0. The van der Waals surface area contributed by atoms with Crippen LogP contribution in [-0.2, 0) is 17.1 Å². The Balaban J connectivity index is 0.000000427. The number of aryl methyl sites for hydroxylation is 1. The summed E-state index contributed by atoms with van der Waals surface area (Å²) < 4.78 is 9.58. The number of aliphatic hydroxyl groups is 1. The molecule has 5 heteroatoms. The second-order valence-corrected chi connectivity index (χ2v) is 7.19. The molecule has 0 unspecified atom stereocenters. The molecular weight excluding hydrogens is 444 g/mol. The fraction of sp³-hybridized carbons (Fsp3) is 0.0741. The van der Waals surface area contributed by atoms with Gasteiger partial charge in [-0.3, -0.25) is 0 Å². The summed E-state index contributed by atoms with van der Waals surface area (Å²) in [6, 6.07) is 28.5. The monoisotopic (exact) mass is 466 g/mol. The van der Waals surface area contributed by atoms with Gasteiger partial charge in [0.2, 0.25) is 0 Å². The minimum absolute atomic E-state index is 0. The van der Waals surface area contributed by atoms with E-state index in [1.807, 2.05) is 73.7 Å². The van der Waals surface area contributed by atoms with E-state index in [1.165, 1.54) is 12.1 Å². The summed E-state index contributed by atoms with van der Waals surface area (Å²) in [5.74, 6) is 0.379. The molecule has 0 spiro atoms. The van der Waals surface area contributed by atoms with E-state index in [4.69, 9.17) is 4.42 Å². The van der Waals surface area contributed by atoms with Gasteiger partial charge in [0, 0.05) is 11.5 Å². The van der Waals surface area contributed by atoms with Gasteiger partial charge in [-0.15, -0.1) is 17.7 Å². The van der Waals surface area contributed by atoms with Crippen LogP contribution in [0.2, 0.25) is 0 Å². The average Bonchev–Trinajstić information content (AvgIpc) is 3.50. The van der Waals surface area contributed by atoms with Crippen molar-refractivity contribution in [3.05, 3.63) is 117 Å². The summed E-state index contributed by atoms with van der Waals surface area (Å²) >= 11 is 0. The average molecular weight is 466 g/mol. The summed E-state index contributed by atoms with van der Waals surface area (Å²) in [6.07, 6.45) is 0. The largest absolute Gasteiger partial charge is 2.00 e. The molecule has 0 saturated heterocycles. The quantitative estimate of drug-likeness (QED) is 0.153. The molecular formula is C27H22FeO4. The maximum atomic E-state index is 11.9.